The van der Waals surface area contributed by atoms with E-state index in [1.807, 2.05) is 24.3 Å². The van der Waals surface area contributed by atoms with Crippen molar-refractivity contribution in [1.29, 1.82) is 0 Å². The highest BCUT2D eigenvalue weighted by Gasteiger charge is 2.45. The summed E-state index contributed by atoms with van der Waals surface area (Å²) >= 11 is 3.46. The Morgan fingerprint density at radius 1 is 1.00 bits per heavy atom. The summed E-state index contributed by atoms with van der Waals surface area (Å²) < 4.78 is 13.0. The molecule has 0 amide bonds. The molecule has 0 unspecified atom stereocenters. The molecule has 0 aliphatic carbocycles. The van der Waals surface area contributed by atoms with Crippen LogP contribution in [-0.4, -0.2) is 27.5 Å². The molecule has 1 rings (SSSR count). The van der Waals surface area contributed by atoms with Gasteiger partial charge in [-0.3, -0.25) is 4.79 Å². The zero-order chi connectivity index (χ0) is 19.9. The van der Waals surface area contributed by atoms with Gasteiger partial charge in [0, 0.05) is 11.4 Å². The standard InChI is InChI=1S/C21H33BrO3Si/c1-15(2)26(16(3)4,17(5)6)25-14-20(13-24-18(7)23)12-19-8-10-21(22)11-9-19/h8-12,15-17H,13-14H2,1-7H3/b20-12-. The maximum absolute atomic E-state index is 11.3. The van der Waals surface area contributed by atoms with Crippen LogP contribution in [0.4, 0.5) is 0 Å². The van der Waals surface area contributed by atoms with Crippen molar-refractivity contribution in [2.24, 2.45) is 0 Å². The van der Waals surface area contributed by atoms with Crippen LogP contribution in [0.5, 0.6) is 0 Å². The highest BCUT2D eigenvalue weighted by Crippen LogP contribution is 2.42. The zero-order valence-corrected chi connectivity index (χ0v) is 19.7. The maximum Gasteiger partial charge on any atom is 0.302 e. The fourth-order valence-electron chi connectivity index (χ4n) is 3.83. The lowest BCUT2D eigenvalue weighted by Crippen LogP contribution is -2.48. The monoisotopic (exact) mass is 440 g/mol. The molecule has 0 aliphatic rings. The lowest BCUT2D eigenvalue weighted by molar-refractivity contribution is -0.140. The first kappa shape index (κ1) is 23.1. The van der Waals surface area contributed by atoms with E-state index in [2.05, 4.69) is 63.5 Å². The quantitative estimate of drug-likeness (QED) is 0.320. The molecule has 0 fully saturated rings. The largest absolute Gasteiger partial charge is 0.461 e. The van der Waals surface area contributed by atoms with Crippen LogP contribution >= 0.6 is 15.9 Å². The van der Waals surface area contributed by atoms with Crippen LogP contribution in [0.25, 0.3) is 6.08 Å². The summed E-state index contributed by atoms with van der Waals surface area (Å²) in [6.45, 7) is 15.9. The second-order valence-corrected chi connectivity index (χ2v) is 14.1. The van der Waals surface area contributed by atoms with E-state index in [-0.39, 0.29) is 12.6 Å². The minimum Gasteiger partial charge on any atom is -0.461 e. The van der Waals surface area contributed by atoms with Gasteiger partial charge in [0.05, 0.1) is 6.61 Å². The Morgan fingerprint density at radius 3 is 1.92 bits per heavy atom. The number of halogens is 1. The molecule has 26 heavy (non-hydrogen) atoms. The first-order valence-corrected chi connectivity index (χ1v) is 12.2. The molecule has 5 heteroatoms. The van der Waals surface area contributed by atoms with Crippen LogP contribution in [0.1, 0.15) is 54.0 Å². The Bertz CT molecular complexity index is 584. The molecule has 146 valence electrons. The topological polar surface area (TPSA) is 35.5 Å². The molecule has 0 aromatic heterocycles. The summed E-state index contributed by atoms with van der Waals surface area (Å²) in [4.78, 5) is 11.3. The van der Waals surface area contributed by atoms with Gasteiger partial charge < -0.3 is 9.16 Å². The van der Waals surface area contributed by atoms with E-state index >= 15 is 0 Å². The van der Waals surface area contributed by atoms with E-state index in [0.29, 0.717) is 23.2 Å². The number of hydrogen-bond donors (Lipinski definition) is 0. The summed E-state index contributed by atoms with van der Waals surface area (Å²) in [5.41, 5.74) is 3.62. The van der Waals surface area contributed by atoms with E-state index in [0.717, 1.165) is 15.6 Å². The van der Waals surface area contributed by atoms with Crippen LogP contribution in [-0.2, 0) is 14.0 Å². The molecule has 1 aromatic rings. The van der Waals surface area contributed by atoms with Crippen molar-refractivity contribution in [3.63, 3.8) is 0 Å². The van der Waals surface area contributed by atoms with Crippen molar-refractivity contribution in [2.45, 2.75) is 65.1 Å². The normalized spacial score (nSPS) is 13.0. The van der Waals surface area contributed by atoms with Gasteiger partial charge in [-0.25, -0.2) is 0 Å². The minimum absolute atomic E-state index is 0.268. The van der Waals surface area contributed by atoms with Crippen molar-refractivity contribution < 1.29 is 14.0 Å². The van der Waals surface area contributed by atoms with E-state index in [1.165, 1.54) is 6.92 Å². The molecule has 0 saturated heterocycles. The van der Waals surface area contributed by atoms with Gasteiger partial charge in [-0.1, -0.05) is 75.7 Å². The average Bonchev–Trinajstić information content (AvgIpc) is 2.53. The minimum atomic E-state index is -1.96. The Hall–Kier alpha value is -0.913. The number of hydrogen-bond acceptors (Lipinski definition) is 3. The third kappa shape index (κ3) is 6.36. The number of benzene rings is 1. The summed E-state index contributed by atoms with van der Waals surface area (Å²) in [6, 6.07) is 8.09. The Balaban J connectivity index is 3.07. The molecule has 0 heterocycles. The highest BCUT2D eigenvalue weighted by atomic mass is 79.9. The third-order valence-electron chi connectivity index (χ3n) is 4.92. The van der Waals surface area contributed by atoms with Crippen LogP contribution in [0, 0.1) is 0 Å². The fourth-order valence-corrected chi connectivity index (χ4v) is 9.53. The van der Waals surface area contributed by atoms with Gasteiger partial charge in [0.2, 0.25) is 8.32 Å². The van der Waals surface area contributed by atoms with Crippen LogP contribution < -0.4 is 0 Å². The molecule has 0 N–H and O–H groups in total. The van der Waals surface area contributed by atoms with Gasteiger partial charge >= 0.3 is 5.97 Å². The Morgan fingerprint density at radius 2 is 1.50 bits per heavy atom. The average molecular weight is 441 g/mol. The zero-order valence-electron chi connectivity index (χ0n) is 17.1. The molecular weight excluding hydrogens is 408 g/mol. The maximum atomic E-state index is 11.3. The summed E-state index contributed by atoms with van der Waals surface area (Å²) in [5, 5.41) is 0. The first-order chi connectivity index (χ1) is 12.1. The third-order valence-corrected chi connectivity index (χ3v) is 11.5. The van der Waals surface area contributed by atoms with Crippen LogP contribution in [0.3, 0.4) is 0 Å². The first-order valence-electron chi connectivity index (χ1n) is 9.31. The predicted molar refractivity (Wildman–Crippen MR) is 116 cm³/mol. The van der Waals surface area contributed by atoms with Gasteiger partial charge in [-0.2, -0.15) is 0 Å². The SMILES string of the molecule is CC(=O)OC/C(=C/c1ccc(Br)cc1)CO[Si](C(C)C)(C(C)C)C(C)C. The van der Waals surface area contributed by atoms with E-state index in [9.17, 15) is 4.79 Å². The molecule has 0 aliphatic heterocycles. The fraction of sp³-hybridized carbons (Fsp3) is 0.571. The number of esters is 1. The van der Waals surface area contributed by atoms with E-state index in [4.69, 9.17) is 9.16 Å². The molecule has 0 atom stereocenters. The number of carbonyl (C=O) groups excluding carboxylic acids is 1. The highest BCUT2D eigenvalue weighted by molar-refractivity contribution is 9.10. The summed E-state index contributed by atoms with van der Waals surface area (Å²) in [5.74, 6) is -0.271. The lowest BCUT2D eigenvalue weighted by atomic mass is 10.1. The smallest absolute Gasteiger partial charge is 0.302 e. The van der Waals surface area contributed by atoms with Crippen LogP contribution in [0.2, 0.25) is 16.6 Å². The van der Waals surface area contributed by atoms with E-state index < -0.39 is 8.32 Å². The molecule has 0 spiro atoms. The number of carbonyl (C=O) groups is 1. The van der Waals surface area contributed by atoms with Gasteiger partial charge in [-0.05, 0) is 39.9 Å². The van der Waals surface area contributed by atoms with Crippen molar-refractivity contribution in [3.05, 3.63) is 39.9 Å². The van der Waals surface area contributed by atoms with Crippen molar-refractivity contribution >= 4 is 36.3 Å². The second kappa shape index (κ2) is 10.4. The Labute approximate surface area is 168 Å². The Kier molecular flexibility index (Phi) is 9.28. The molecule has 1 aromatic carbocycles. The molecule has 3 nitrogen and oxygen atoms in total. The number of rotatable bonds is 9. The molecule has 0 saturated carbocycles. The summed E-state index contributed by atoms with van der Waals surface area (Å²) in [6.07, 6.45) is 2.06. The van der Waals surface area contributed by atoms with Gasteiger partial charge in [0.15, 0.2) is 0 Å². The van der Waals surface area contributed by atoms with Crippen molar-refractivity contribution in [2.75, 3.05) is 13.2 Å². The van der Waals surface area contributed by atoms with Gasteiger partial charge in [0.1, 0.15) is 6.61 Å². The van der Waals surface area contributed by atoms with Gasteiger partial charge in [-0.15, -0.1) is 0 Å². The number of ether oxygens (including phenoxy) is 1. The van der Waals surface area contributed by atoms with Crippen molar-refractivity contribution in [1.82, 2.24) is 0 Å². The summed E-state index contributed by atoms with van der Waals surface area (Å²) in [7, 11) is -1.96. The van der Waals surface area contributed by atoms with Crippen LogP contribution in [0.15, 0.2) is 34.3 Å². The van der Waals surface area contributed by atoms with E-state index in [1.54, 1.807) is 0 Å². The molecule has 0 radical (unpaired) electrons. The lowest BCUT2D eigenvalue weighted by Gasteiger charge is -2.42. The van der Waals surface area contributed by atoms with Crippen molar-refractivity contribution in [3.8, 4) is 0 Å². The van der Waals surface area contributed by atoms with Gasteiger partial charge in [0.25, 0.3) is 0 Å². The molecule has 0 bridgehead atoms. The predicted octanol–water partition coefficient (Wildman–Crippen LogP) is 6.59. The second-order valence-electron chi connectivity index (χ2n) is 7.74. The molecular formula is C21H33BrO3Si.